The first-order valence-corrected chi connectivity index (χ1v) is 5.53. The van der Waals surface area contributed by atoms with Crippen molar-refractivity contribution in [1.29, 1.82) is 0 Å². The second kappa shape index (κ2) is 6.21. The molecule has 1 atom stereocenters. The second-order valence-corrected chi connectivity index (χ2v) is 4.48. The van der Waals surface area contributed by atoms with Crippen molar-refractivity contribution in [3.63, 3.8) is 0 Å². The van der Waals surface area contributed by atoms with Gasteiger partial charge in [0.1, 0.15) is 0 Å². The molecule has 14 heavy (non-hydrogen) atoms. The van der Waals surface area contributed by atoms with Crippen molar-refractivity contribution in [2.24, 2.45) is 0 Å². The Bertz CT molecular complexity index is 157. The number of hydrogen-bond donors (Lipinski definition) is 0. The molecule has 4 nitrogen and oxygen atoms in total. The van der Waals surface area contributed by atoms with Gasteiger partial charge in [-0.2, -0.15) is 0 Å². The van der Waals surface area contributed by atoms with E-state index < -0.39 is 4.09 Å². The van der Waals surface area contributed by atoms with E-state index in [2.05, 4.69) is 0 Å². The molecule has 0 aliphatic carbocycles. The second-order valence-electron chi connectivity index (χ2n) is 3.29. The molecule has 1 rings (SSSR count). The van der Waals surface area contributed by atoms with Crippen molar-refractivity contribution < 1.29 is 39.4 Å². The zero-order valence-electron chi connectivity index (χ0n) is 8.75. The third kappa shape index (κ3) is 4.87. The Kier molecular flexibility index (Phi) is 5.60. The maximum atomic E-state index is 5.41. The van der Waals surface area contributed by atoms with Gasteiger partial charge in [0.05, 0.1) is 0 Å². The SMILES string of the molecule is CO[C]([Ti])(CCCOCC1CO1)OC. The minimum atomic E-state index is -0.473. The van der Waals surface area contributed by atoms with Crippen LogP contribution in [0.25, 0.3) is 0 Å². The molecule has 1 saturated heterocycles. The summed E-state index contributed by atoms with van der Waals surface area (Å²) < 4.78 is 20.4. The van der Waals surface area contributed by atoms with Crippen molar-refractivity contribution in [3.05, 3.63) is 0 Å². The third-order valence-electron chi connectivity index (χ3n) is 2.16. The zero-order valence-corrected chi connectivity index (χ0v) is 10.3. The first kappa shape index (κ1) is 12.6. The number of hydrogen-bond acceptors (Lipinski definition) is 4. The molecule has 0 aromatic rings. The van der Waals surface area contributed by atoms with Crippen LogP contribution in [0.4, 0.5) is 0 Å². The summed E-state index contributed by atoms with van der Waals surface area (Å²) in [5, 5.41) is 0. The molecule has 1 aliphatic rings. The molecule has 1 aliphatic heterocycles. The molecule has 81 valence electrons. The summed E-state index contributed by atoms with van der Waals surface area (Å²) in [6.45, 7) is 2.31. The van der Waals surface area contributed by atoms with Gasteiger partial charge in [0.15, 0.2) is 0 Å². The van der Waals surface area contributed by atoms with Crippen molar-refractivity contribution >= 4 is 0 Å². The van der Waals surface area contributed by atoms with Gasteiger partial charge in [-0.25, -0.2) is 0 Å². The molecule has 0 aromatic heterocycles. The van der Waals surface area contributed by atoms with Gasteiger partial charge in [-0.15, -0.1) is 0 Å². The van der Waals surface area contributed by atoms with Crippen molar-refractivity contribution in [2.45, 2.75) is 23.0 Å². The first-order valence-electron chi connectivity index (χ1n) is 4.75. The van der Waals surface area contributed by atoms with Gasteiger partial charge < -0.3 is 0 Å². The molecule has 1 fully saturated rings. The molecular weight excluding hydrogens is 220 g/mol. The Balaban J connectivity index is 1.95. The van der Waals surface area contributed by atoms with Crippen LogP contribution < -0.4 is 0 Å². The summed E-state index contributed by atoms with van der Waals surface area (Å²) >= 11 is 1.93. The van der Waals surface area contributed by atoms with E-state index in [-0.39, 0.29) is 0 Å². The zero-order chi connectivity index (χ0) is 10.4. The molecular formula is C9H17O4Ti. The van der Waals surface area contributed by atoms with E-state index in [0.29, 0.717) is 6.10 Å². The van der Waals surface area contributed by atoms with Crippen molar-refractivity contribution in [3.8, 4) is 0 Å². The van der Waals surface area contributed by atoms with Crippen LogP contribution in [-0.4, -0.2) is 44.2 Å². The molecule has 1 unspecified atom stereocenters. The van der Waals surface area contributed by atoms with Crippen LogP contribution in [0, 0.1) is 0 Å². The summed E-state index contributed by atoms with van der Waals surface area (Å²) in [6.07, 6.45) is 2.13. The third-order valence-corrected chi connectivity index (χ3v) is 3.19. The Hall–Kier alpha value is 0.554. The average Bonchev–Trinajstić information content (AvgIpc) is 3.01. The summed E-state index contributed by atoms with van der Waals surface area (Å²) in [5.74, 6) is 0. The van der Waals surface area contributed by atoms with Crippen molar-refractivity contribution in [2.75, 3.05) is 34.0 Å². The average molecular weight is 237 g/mol. The molecule has 0 aromatic carbocycles. The Morgan fingerprint density at radius 1 is 1.43 bits per heavy atom. The monoisotopic (exact) mass is 237 g/mol. The van der Waals surface area contributed by atoms with E-state index in [9.17, 15) is 0 Å². The van der Waals surface area contributed by atoms with Gasteiger partial charge in [0.2, 0.25) is 0 Å². The normalized spacial score (nSPS) is 21.1. The summed E-state index contributed by atoms with van der Waals surface area (Å²) in [4.78, 5) is 0. The van der Waals surface area contributed by atoms with Crippen molar-refractivity contribution in [1.82, 2.24) is 0 Å². The van der Waals surface area contributed by atoms with E-state index in [0.717, 1.165) is 32.7 Å². The molecule has 0 amide bonds. The molecule has 0 N–H and O–H groups in total. The maximum absolute atomic E-state index is 5.41. The molecule has 0 bridgehead atoms. The van der Waals surface area contributed by atoms with Crippen LogP contribution in [0.3, 0.4) is 0 Å². The summed E-state index contributed by atoms with van der Waals surface area (Å²) in [7, 11) is 3.31. The number of methoxy groups -OCH3 is 2. The minimum absolute atomic E-state index is 0.353. The Morgan fingerprint density at radius 2 is 2.07 bits per heavy atom. The molecule has 0 radical (unpaired) electrons. The van der Waals surface area contributed by atoms with Gasteiger partial charge in [0, 0.05) is 0 Å². The van der Waals surface area contributed by atoms with Crippen LogP contribution in [-0.2, 0) is 39.4 Å². The number of ether oxygens (including phenoxy) is 4. The van der Waals surface area contributed by atoms with Gasteiger partial charge in [-0.3, -0.25) is 0 Å². The Labute approximate surface area is 96.6 Å². The standard InChI is InChI=1S/C9H17O4.Ti/c1-10-9(11-2)4-3-5-12-6-8-7-13-8;/h8H,3-7H2,1-2H3;. The van der Waals surface area contributed by atoms with Gasteiger partial charge in [-0.05, 0) is 0 Å². The first-order chi connectivity index (χ1) is 6.70. The number of rotatable bonds is 8. The van der Waals surface area contributed by atoms with E-state index in [1.165, 1.54) is 0 Å². The predicted octanol–water partition coefficient (Wildman–Crippen LogP) is 0.675. The quantitative estimate of drug-likeness (QED) is 0.269. The van der Waals surface area contributed by atoms with Crippen LogP contribution in [0.15, 0.2) is 0 Å². The molecule has 0 spiro atoms. The number of epoxide rings is 1. The van der Waals surface area contributed by atoms with Gasteiger partial charge >= 0.3 is 96.5 Å². The molecule has 1 heterocycles. The summed E-state index contributed by atoms with van der Waals surface area (Å²) in [6, 6.07) is 0. The fourth-order valence-electron chi connectivity index (χ4n) is 1.07. The molecule has 5 heteroatoms. The van der Waals surface area contributed by atoms with Gasteiger partial charge in [-0.1, -0.05) is 0 Å². The predicted molar refractivity (Wildman–Crippen MR) is 46.5 cm³/mol. The fraction of sp³-hybridized carbons (Fsp3) is 1.00. The van der Waals surface area contributed by atoms with Crippen LogP contribution in [0.1, 0.15) is 12.8 Å². The fourth-order valence-corrected chi connectivity index (χ4v) is 1.35. The van der Waals surface area contributed by atoms with E-state index in [1.807, 2.05) is 20.4 Å². The van der Waals surface area contributed by atoms with E-state index >= 15 is 0 Å². The van der Waals surface area contributed by atoms with Crippen LogP contribution in [0.5, 0.6) is 0 Å². The molecule has 0 saturated carbocycles. The Morgan fingerprint density at radius 3 is 2.57 bits per heavy atom. The van der Waals surface area contributed by atoms with Crippen LogP contribution in [0.2, 0.25) is 0 Å². The van der Waals surface area contributed by atoms with Crippen LogP contribution >= 0.6 is 0 Å². The topological polar surface area (TPSA) is 40.2 Å². The summed E-state index contributed by atoms with van der Waals surface area (Å²) in [5.41, 5.74) is 0. The van der Waals surface area contributed by atoms with Gasteiger partial charge in [0.25, 0.3) is 0 Å². The van der Waals surface area contributed by atoms with E-state index in [4.69, 9.17) is 18.9 Å². The van der Waals surface area contributed by atoms with E-state index in [1.54, 1.807) is 14.2 Å².